The highest BCUT2D eigenvalue weighted by molar-refractivity contribution is 9.10. The highest BCUT2D eigenvalue weighted by Crippen LogP contribution is 2.14. The summed E-state index contributed by atoms with van der Waals surface area (Å²) in [4.78, 5) is 11.6. The molecule has 0 aliphatic carbocycles. The van der Waals surface area contributed by atoms with Crippen LogP contribution in [-0.4, -0.2) is 5.78 Å². The third-order valence-electron chi connectivity index (χ3n) is 2.37. The molecule has 0 atom stereocenters. The zero-order chi connectivity index (χ0) is 14.4. The number of hydrogen-bond donors (Lipinski definition) is 0. The molecular formula is C17H8Br2O. The van der Waals surface area contributed by atoms with E-state index in [0.29, 0.717) is 0 Å². The quantitative estimate of drug-likeness (QED) is 0.619. The molecule has 20 heavy (non-hydrogen) atoms. The van der Waals surface area contributed by atoms with E-state index in [0.717, 1.165) is 20.1 Å². The first-order valence-corrected chi connectivity index (χ1v) is 7.32. The molecule has 0 amide bonds. The number of benzene rings is 2. The van der Waals surface area contributed by atoms with E-state index in [9.17, 15) is 4.79 Å². The maximum absolute atomic E-state index is 11.6. The number of carbonyl (C=O) groups is 1. The molecule has 0 bridgehead atoms. The van der Waals surface area contributed by atoms with Crippen molar-refractivity contribution in [1.82, 2.24) is 0 Å². The third kappa shape index (κ3) is 4.10. The van der Waals surface area contributed by atoms with Crippen molar-refractivity contribution in [3.63, 3.8) is 0 Å². The molecule has 2 rings (SSSR count). The molecule has 0 radical (unpaired) electrons. The van der Waals surface area contributed by atoms with Gasteiger partial charge in [0, 0.05) is 20.1 Å². The predicted molar refractivity (Wildman–Crippen MR) is 87.0 cm³/mol. The lowest BCUT2D eigenvalue weighted by atomic mass is 10.2. The molecule has 2 aromatic rings. The number of carbonyl (C=O) groups excluding carboxylic acids is 1. The fourth-order valence-corrected chi connectivity index (χ4v) is 2.17. The average molecular weight is 388 g/mol. The molecular weight excluding hydrogens is 380 g/mol. The molecule has 2 aromatic carbocycles. The van der Waals surface area contributed by atoms with E-state index in [1.54, 1.807) is 0 Å². The predicted octanol–water partition coefficient (Wildman–Crippen LogP) is 4.18. The van der Waals surface area contributed by atoms with E-state index in [1.807, 2.05) is 48.5 Å². The number of rotatable bonds is 0. The van der Waals surface area contributed by atoms with Gasteiger partial charge in [0.2, 0.25) is 0 Å². The van der Waals surface area contributed by atoms with Crippen LogP contribution in [0.5, 0.6) is 0 Å². The van der Waals surface area contributed by atoms with Crippen molar-refractivity contribution in [1.29, 1.82) is 0 Å². The van der Waals surface area contributed by atoms with Gasteiger partial charge in [0.25, 0.3) is 5.78 Å². The van der Waals surface area contributed by atoms with Gasteiger partial charge in [0.1, 0.15) is 0 Å². The van der Waals surface area contributed by atoms with Crippen LogP contribution in [0.15, 0.2) is 57.5 Å². The molecule has 0 saturated heterocycles. The molecule has 1 nitrogen and oxygen atoms in total. The highest BCUT2D eigenvalue weighted by Gasteiger charge is 1.95. The summed E-state index contributed by atoms with van der Waals surface area (Å²) in [5.74, 6) is 10.2. The maximum Gasteiger partial charge on any atom is 0.279 e. The summed E-state index contributed by atoms with van der Waals surface area (Å²) < 4.78 is 1.72. The van der Waals surface area contributed by atoms with Crippen LogP contribution in [0.1, 0.15) is 11.1 Å². The van der Waals surface area contributed by atoms with Gasteiger partial charge in [-0.15, -0.1) is 0 Å². The Hall–Kier alpha value is -1.81. The molecule has 0 saturated carbocycles. The van der Waals surface area contributed by atoms with Gasteiger partial charge in [-0.05, 0) is 68.0 Å². The largest absolute Gasteiger partial charge is 0.279 e. The summed E-state index contributed by atoms with van der Waals surface area (Å²) in [6, 6.07) is 14.9. The molecule has 0 fully saturated rings. The first-order valence-electron chi connectivity index (χ1n) is 5.74. The third-order valence-corrected chi connectivity index (χ3v) is 3.75. The Labute approximate surface area is 134 Å². The standard InChI is InChI=1S/C17H8Br2O/c18-16-7-3-1-5-13(16)9-11-15(20)12-10-14-6-2-4-8-17(14)19/h1-8H. The lowest BCUT2D eigenvalue weighted by Gasteiger charge is -1.92. The van der Waals surface area contributed by atoms with E-state index in [-0.39, 0.29) is 0 Å². The Morgan fingerprint density at radius 3 is 1.55 bits per heavy atom. The second-order valence-corrected chi connectivity index (χ2v) is 5.50. The summed E-state index contributed by atoms with van der Waals surface area (Å²) >= 11 is 6.75. The van der Waals surface area contributed by atoms with E-state index in [2.05, 4.69) is 55.5 Å². The SMILES string of the molecule is O=C(C#Cc1ccccc1Br)C#Cc1ccccc1Br. The first-order chi connectivity index (χ1) is 9.66. The van der Waals surface area contributed by atoms with Gasteiger partial charge < -0.3 is 0 Å². The van der Waals surface area contributed by atoms with Gasteiger partial charge in [0.05, 0.1) is 0 Å². The summed E-state index contributed by atoms with van der Waals surface area (Å²) in [6.45, 7) is 0. The van der Waals surface area contributed by atoms with Crippen molar-refractivity contribution in [2.24, 2.45) is 0 Å². The van der Waals surface area contributed by atoms with Crippen molar-refractivity contribution in [2.75, 3.05) is 0 Å². The molecule has 0 spiro atoms. The molecule has 0 aliphatic rings. The van der Waals surface area contributed by atoms with E-state index >= 15 is 0 Å². The molecule has 96 valence electrons. The first kappa shape index (κ1) is 14.6. The number of hydrogen-bond acceptors (Lipinski definition) is 1. The Morgan fingerprint density at radius 1 is 0.750 bits per heavy atom. The molecule has 0 heterocycles. The Kier molecular flexibility index (Phi) is 5.18. The second kappa shape index (κ2) is 7.10. The van der Waals surface area contributed by atoms with Crippen LogP contribution >= 0.6 is 31.9 Å². The number of Topliss-reactive ketones (excluding diaryl/α,β-unsaturated/α-hetero) is 1. The van der Waals surface area contributed by atoms with E-state index in [1.165, 1.54) is 0 Å². The van der Waals surface area contributed by atoms with E-state index < -0.39 is 5.78 Å². The molecule has 0 unspecified atom stereocenters. The topological polar surface area (TPSA) is 17.1 Å². The molecule has 0 N–H and O–H groups in total. The van der Waals surface area contributed by atoms with Gasteiger partial charge in [-0.2, -0.15) is 0 Å². The maximum atomic E-state index is 11.6. The summed E-state index contributed by atoms with van der Waals surface area (Å²) in [7, 11) is 0. The normalized spacial score (nSPS) is 8.90. The lowest BCUT2D eigenvalue weighted by Crippen LogP contribution is -1.88. The van der Waals surface area contributed by atoms with Gasteiger partial charge >= 0.3 is 0 Å². The van der Waals surface area contributed by atoms with Crippen LogP contribution in [0, 0.1) is 23.7 Å². The fourth-order valence-electron chi connectivity index (χ4n) is 1.40. The minimum absolute atomic E-state index is 0.406. The van der Waals surface area contributed by atoms with Crippen molar-refractivity contribution in [3.8, 4) is 23.7 Å². The summed E-state index contributed by atoms with van der Waals surface area (Å²) in [5.41, 5.74) is 1.53. The Balaban J connectivity index is 2.16. The van der Waals surface area contributed by atoms with Gasteiger partial charge in [-0.25, -0.2) is 0 Å². The van der Waals surface area contributed by atoms with Crippen molar-refractivity contribution < 1.29 is 4.79 Å². The monoisotopic (exact) mass is 386 g/mol. The highest BCUT2D eigenvalue weighted by atomic mass is 79.9. The fraction of sp³-hybridized carbons (Fsp3) is 0. The van der Waals surface area contributed by atoms with Crippen molar-refractivity contribution >= 4 is 37.6 Å². The summed E-state index contributed by atoms with van der Waals surface area (Å²) in [5, 5.41) is 0. The Morgan fingerprint density at radius 2 is 1.15 bits per heavy atom. The van der Waals surface area contributed by atoms with Gasteiger partial charge in [-0.3, -0.25) is 4.79 Å². The summed E-state index contributed by atoms with van der Waals surface area (Å²) in [6.07, 6.45) is 0. The minimum atomic E-state index is -0.406. The van der Waals surface area contributed by atoms with Crippen LogP contribution < -0.4 is 0 Å². The number of halogens is 2. The lowest BCUT2D eigenvalue weighted by molar-refractivity contribution is -0.108. The zero-order valence-corrected chi connectivity index (χ0v) is 13.5. The van der Waals surface area contributed by atoms with Crippen LogP contribution in [0.2, 0.25) is 0 Å². The van der Waals surface area contributed by atoms with Crippen molar-refractivity contribution in [3.05, 3.63) is 68.6 Å². The van der Waals surface area contributed by atoms with Crippen LogP contribution in [0.4, 0.5) is 0 Å². The van der Waals surface area contributed by atoms with Crippen LogP contribution in [0.25, 0.3) is 0 Å². The van der Waals surface area contributed by atoms with Crippen LogP contribution in [-0.2, 0) is 4.79 Å². The van der Waals surface area contributed by atoms with Crippen molar-refractivity contribution in [2.45, 2.75) is 0 Å². The zero-order valence-electron chi connectivity index (χ0n) is 10.3. The Bertz CT molecular complexity index is 705. The van der Waals surface area contributed by atoms with Gasteiger partial charge in [0.15, 0.2) is 0 Å². The molecule has 3 heteroatoms. The number of ketones is 1. The smallest absolute Gasteiger partial charge is 0.270 e. The molecule has 0 aromatic heterocycles. The average Bonchev–Trinajstić information content (AvgIpc) is 2.45. The molecule has 0 aliphatic heterocycles. The van der Waals surface area contributed by atoms with Crippen LogP contribution in [0.3, 0.4) is 0 Å². The van der Waals surface area contributed by atoms with Gasteiger partial charge in [-0.1, -0.05) is 36.1 Å². The minimum Gasteiger partial charge on any atom is -0.270 e. The van der Waals surface area contributed by atoms with E-state index in [4.69, 9.17) is 0 Å². The second-order valence-electron chi connectivity index (χ2n) is 3.79.